The number of aliphatic hydroxyl groups is 1. The van der Waals surface area contributed by atoms with Crippen molar-refractivity contribution in [1.82, 2.24) is 9.88 Å². The maximum atomic E-state index is 14.4. The van der Waals surface area contributed by atoms with Crippen molar-refractivity contribution in [2.75, 3.05) is 13.2 Å². The monoisotopic (exact) mass is 766 g/mol. The number of allylic oxidation sites excluding steroid dienone is 1. The number of aliphatic hydroxyl groups excluding tert-OH is 1. The van der Waals surface area contributed by atoms with E-state index in [1.54, 1.807) is 31.3 Å². The number of fused-ring (bicyclic) bond motifs is 2. The van der Waals surface area contributed by atoms with E-state index in [1.807, 2.05) is 39.0 Å². The molecule has 2 saturated heterocycles. The molecule has 0 radical (unpaired) electrons. The van der Waals surface area contributed by atoms with Crippen LogP contribution in [0.5, 0.6) is 0 Å². The number of hydrogen-bond donors (Lipinski definition) is 1. The molecule has 1 aromatic heterocycles. The van der Waals surface area contributed by atoms with Gasteiger partial charge in [0.25, 0.3) is 11.8 Å². The fraction of sp³-hybridized carbons (Fsp3) is 0.610. The number of amides is 2. The molecule has 0 unspecified atom stereocenters. The van der Waals surface area contributed by atoms with Crippen molar-refractivity contribution in [3.8, 4) is 0 Å². The van der Waals surface area contributed by atoms with Crippen LogP contribution in [0.25, 0.3) is 10.2 Å². The van der Waals surface area contributed by atoms with Gasteiger partial charge in [0, 0.05) is 31.0 Å². The molecule has 12 nitrogen and oxygen atoms in total. The second kappa shape index (κ2) is 17.7. The smallest absolute Gasteiger partial charge is 0.457 e. The molecule has 3 aliphatic heterocycles. The number of unbranched alkanes of at least 4 members (excludes halogenated alkanes) is 3. The van der Waals surface area contributed by atoms with E-state index in [4.69, 9.17) is 18.9 Å². The summed E-state index contributed by atoms with van der Waals surface area (Å²) in [5.41, 5.74) is -0.257. The van der Waals surface area contributed by atoms with Gasteiger partial charge in [-0.3, -0.25) is 24.1 Å². The molecule has 294 valence electrons. The second-order valence-electron chi connectivity index (χ2n) is 15.7. The summed E-state index contributed by atoms with van der Waals surface area (Å²) in [6.45, 7) is 13.3. The molecule has 1 aromatic carbocycles. The van der Waals surface area contributed by atoms with E-state index in [0.717, 1.165) is 33.6 Å². The first-order valence-electron chi connectivity index (χ1n) is 19.1. The molecule has 0 saturated carbocycles. The Balaban J connectivity index is 1.31. The third-order valence-corrected chi connectivity index (χ3v) is 12.1. The van der Waals surface area contributed by atoms with Crippen molar-refractivity contribution >= 4 is 51.3 Å². The number of Topliss-reactive ketones (excluding diaryl/α,β-unsaturated/α-hetero) is 1. The summed E-state index contributed by atoms with van der Waals surface area (Å²) in [5.74, 6) is -2.72. The molecule has 2 aromatic rings. The van der Waals surface area contributed by atoms with E-state index in [-0.39, 0.29) is 42.6 Å². The minimum atomic E-state index is -1.42. The minimum Gasteiger partial charge on any atom is -0.457 e. The van der Waals surface area contributed by atoms with Crippen molar-refractivity contribution in [3.05, 3.63) is 53.6 Å². The molecule has 7 atom stereocenters. The second-order valence-corrected chi connectivity index (χ2v) is 16.9. The number of thiazole rings is 1. The first-order valence-corrected chi connectivity index (χ1v) is 19.9. The number of hydrogen-bond acceptors (Lipinski definition) is 12. The van der Waals surface area contributed by atoms with Gasteiger partial charge in [-0.25, -0.2) is 9.78 Å². The largest absolute Gasteiger partial charge is 0.508 e. The molecule has 0 bridgehead atoms. The van der Waals surface area contributed by atoms with Crippen LogP contribution in [-0.4, -0.2) is 81.8 Å². The summed E-state index contributed by atoms with van der Waals surface area (Å²) in [5, 5.41) is 12.4. The summed E-state index contributed by atoms with van der Waals surface area (Å²) >= 11 is 1.58. The molecule has 2 fully saturated rings. The van der Waals surface area contributed by atoms with Gasteiger partial charge in [0.05, 0.1) is 51.5 Å². The quantitative estimate of drug-likeness (QED) is 0.0816. The van der Waals surface area contributed by atoms with Crippen molar-refractivity contribution < 1.29 is 48.0 Å². The van der Waals surface area contributed by atoms with Crippen LogP contribution >= 0.6 is 11.3 Å². The number of ether oxygens (including phenoxy) is 4. The highest BCUT2D eigenvalue weighted by Crippen LogP contribution is 2.47. The number of benzene rings is 1. The van der Waals surface area contributed by atoms with Crippen LogP contribution < -0.4 is 0 Å². The van der Waals surface area contributed by atoms with Crippen molar-refractivity contribution in [1.29, 1.82) is 0 Å². The van der Waals surface area contributed by atoms with Crippen LogP contribution in [0.3, 0.4) is 0 Å². The van der Waals surface area contributed by atoms with Crippen molar-refractivity contribution in [2.45, 2.75) is 129 Å². The number of rotatable bonds is 11. The van der Waals surface area contributed by atoms with Gasteiger partial charge in [0.1, 0.15) is 18.0 Å². The Morgan fingerprint density at radius 2 is 1.83 bits per heavy atom. The van der Waals surface area contributed by atoms with Gasteiger partial charge in [0.2, 0.25) is 0 Å². The molecule has 0 spiro atoms. The highest BCUT2D eigenvalue weighted by Gasteiger charge is 2.53. The molecule has 1 N–H and O–H groups in total. The van der Waals surface area contributed by atoms with Gasteiger partial charge in [-0.2, -0.15) is 0 Å². The van der Waals surface area contributed by atoms with Crippen LogP contribution in [-0.2, 0) is 38.1 Å². The summed E-state index contributed by atoms with van der Waals surface area (Å²) in [7, 11) is 0. The summed E-state index contributed by atoms with van der Waals surface area (Å²) in [6.07, 6.45) is 4.85. The van der Waals surface area contributed by atoms with Gasteiger partial charge in [0.15, 0.2) is 0 Å². The molecule has 4 heterocycles. The highest BCUT2D eigenvalue weighted by atomic mass is 32.1. The van der Waals surface area contributed by atoms with Crippen molar-refractivity contribution in [3.63, 3.8) is 0 Å². The van der Waals surface area contributed by atoms with E-state index in [1.165, 1.54) is 17.1 Å². The summed E-state index contributed by atoms with van der Waals surface area (Å²) < 4.78 is 24.6. The molecule has 2 amide bonds. The normalized spacial score (nSPS) is 29.2. The number of aromatic nitrogens is 1. The van der Waals surface area contributed by atoms with Gasteiger partial charge in [-0.15, -0.1) is 17.9 Å². The molecule has 0 aliphatic carbocycles. The van der Waals surface area contributed by atoms with E-state index in [2.05, 4.69) is 11.6 Å². The molecular formula is C41H54N2O10S. The first kappa shape index (κ1) is 41.2. The number of imide groups is 1. The zero-order chi connectivity index (χ0) is 39.2. The van der Waals surface area contributed by atoms with Crippen LogP contribution in [0.2, 0.25) is 0 Å². The van der Waals surface area contributed by atoms with Gasteiger partial charge in [-0.1, -0.05) is 31.9 Å². The van der Waals surface area contributed by atoms with E-state index in [0.29, 0.717) is 45.1 Å². The predicted molar refractivity (Wildman–Crippen MR) is 202 cm³/mol. The van der Waals surface area contributed by atoms with Crippen LogP contribution in [0.4, 0.5) is 4.79 Å². The molecule has 13 heteroatoms. The number of aryl methyl sites for hydroxylation is 1. The fourth-order valence-electron chi connectivity index (χ4n) is 7.56. The molecular weight excluding hydrogens is 713 g/mol. The minimum absolute atomic E-state index is 0.0314. The molecule has 54 heavy (non-hydrogen) atoms. The SMILES string of the molecule is C=CC[C@H]1C(=O)C(C)(C)[C@@H](OC(=O)OCCCCCCN2C(=O)C=CC2=O)CC(=O)O[C@H](c2ccc3sc(C)nc3c2)C[C@@H]2O[C@]2(C)CCC[C@H](C)[C@@H]1O. The highest BCUT2D eigenvalue weighted by molar-refractivity contribution is 7.18. The summed E-state index contributed by atoms with van der Waals surface area (Å²) in [6, 6.07) is 5.83. The molecule has 3 aliphatic rings. The van der Waals surface area contributed by atoms with Gasteiger partial charge in [-0.05, 0) is 89.8 Å². The Bertz CT molecular complexity index is 1730. The third kappa shape index (κ3) is 10.0. The topological polar surface area (TPSA) is 162 Å². The standard InChI is InChI=1S/C41H54N2O10S/c1-7-13-28-37(47)25(2)14-12-19-41(6)33(53-41)23-30(27-15-16-31-29(22-27)42-26(3)54-31)51-36(46)24-32(40(4,5)38(28)48)52-39(49)50-21-11-9-8-10-20-43-34(44)17-18-35(43)45/h7,15-18,22,25,28,30,32-33,37,47H,1,8-14,19-21,23-24H2,2-6H3/t25-,28+,30-,32-,33-,37-,41+/m0/s1. The fourth-order valence-corrected chi connectivity index (χ4v) is 8.37. The third-order valence-electron chi connectivity index (χ3n) is 11.1. The van der Waals surface area contributed by atoms with E-state index in [9.17, 15) is 29.1 Å². The lowest BCUT2D eigenvalue weighted by Gasteiger charge is -2.37. The number of carbonyl (C=O) groups excluding carboxylic acids is 5. The lowest BCUT2D eigenvalue weighted by Crippen LogP contribution is -2.48. The van der Waals surface area contributed by atoms with Crippen LogP contribution in [0.15, 0.2) is 43.0 Å². The Morgan fingerprint density at radius 3 is 2.56 bits per heavy atom. The summed E-state index contributed by atoms with van der Waals surface area (Å²) in [4.78, 5) is 70.7. The lowest BCUT2D eigenvalue weighted by molar-refractivity contribution is -0.157. The number of nitrogens with zero attached hydrogens (tertiary/aromatic N) is 2. The number of cyclic esters (lactones) is 1. The Hall–Kier alpha value is -3.94. The Labute approximate surface area is 321 Å². The Kier molecular flexibility index (Phi) is 13.5. The van der Waals surface area contributed by atoms with Crippen molar-refractivity contribution in [2.24, 2.45) is 17.3 Å². The average Bonchev–Trinajstić information content (AvgIpc) is 3.40. The first-order chi connectivity index (χ1) is 25.6. The number of epoxide rings is 1. The Morgan fingerprint density at radius 1 is 1.11 bits per heavy atom. The average molecular weight is 767 g/mol. The lowest BCUT2D eigenvalue weighted by atomic mass is 9.71. The van der Waals surface area contributed by atoms with E-state index >= 15 is 0 Å². The predicted octanol–water partition coefficient (Wildman–Crippen LogP) is 7.10. The number of ketones is 1. The number of carbonyl (C=O) groups is 5. The van der Waals surface area contributed by atoms with Crippen LogP contribution in [0, 0.1) is 24.2 Å². The van der Waals surface area contributed by atoms with Gasteiger partial charge >= 0.3 is 12.1 Å². The molecule has 5 rings (SSSR count). The van der Waals surface area contributed by atoms with E-state index < -0.39 is 53.8 Å². The van der Waals surface area contributed by atoms with Gasteiger partial charge < -0.3 is 24.1 Å². The zero-order valence-electron chi connectivity index (χ0n) is 32.0. The number of esters is 1. The van der Waals surface area contributed by atoms with Crippen LogP contribution in [0.1, 0.15) is 109 Å². The maximum absolute atomic E-state index is 14.4. The zero-order valence-corrected chi connectivity index (χ0v) is 32.9. The maximum Gasteiger partial charge on any atom is 0.508 e.